The fourth-order valence-electron chi connectivity index (χ4n) is 1.98. The van der Waals surface area contributed by atoms with Crippen molar-refractivity contribution in [1.29, 1.82) is 0 Å². The van der Waals surface area contributed by atoms with E-state index in [1.807, 2.05) is 6.92 Å². The van der Waals surface area contributed by atoms with Gasteiger partial charge in [0.15, 0.2) is 5.78 Å². The maximum absolute atomic E-state index is 12.2. The number of ketones is 1. The van der Waals surface area contributed by atoms with Gasteiger partial charge >= 0.3 is 0 Å². The molecule has 0 radical (unpaired) electrons. The van der Waals surface area contributed by atoms with Gasteiger partial charge in [0.25, 0.3) is 5.91 Å². The molecule has 114 valence electrons. The van der Waals surface area contributed by atoms with Crippen LogP contribution < -0.4 is 10.1 Å². The van der Waals surface area contributed by atoms with Gasteiger partial charge in [-0.05, 0) is 43.3 Å². The second kappa shape index (κ2) is 7.38. The molecular formula is C17H17NO4. The molecule has 0 spiro atoms. The average molecular weight is 299 g/mol. The molecule has 0 atom stereocenters. The second-order valence-electron chi connectivity index (χ2n) is 4.54. The summed E-state index contributed by atoms with van der Waals surface area (Å²) in [5.41, 5.74) is 1.11. The molecule has 0 aromatic heterocycles. The minimum atomic E-state index is -0.601. The van der Waals surface area contributed by atoms with E-state index in [2.05, 4.69) is 5.32 Å². The van der Waals surface area contributed by atoms with E-state index in [1.165, 1.54) is 0 Å². The topological polar surface area (TPSA) is 75.6 Å². The van der Waals surface area contributed by atoms with Crippen molar-refractivity contribution < 1.29 is 19.4 Å². The Labute approximate surface area is 128 Å². The monoisotopic (exact) mass is 299 g/mol. The number of aliphatic hydroxyl groups is 1. The number of hydrogen-bond acceptors (Lipinski definition) is 4. The smallest absolute Gasteiger partial charge is 0.255 e. The Kier molecular flexibility index (Phi) is 5.27. The van der Waals surface area contributed by atoms with Gasteiger partial charge in [0.2, 0.25) is 0 Å². The van der Waals surface area contributed by atoms with E-state index in [4.69, 9.17) is 9.84 Å². The summed E-state index contributed by atoms with van der Waals surface area (Å²) in [5, 5.41) is 11.7. The Hall–Kier alpha value is -2.66. The van der Waals surface area contributed by atoms with Gasteiger partial charge in [0.05, 0.1) is 12.3 Å². The average Bonchev–Trinajstić information content (AvgIpc) is 2.55. The summed E-state index contributed by atoms with van der Waals surface area (Å²) in [5.74, 6) is -0.0845. The highest BCUT2D eigenvalue weighted by molar-refractivity contribution is 6.09. The van der Waals surface area contributed by atoms with Crippen molar-refractivity contribution in [1.82, 2.24) is 0 Å². The van der Waals surface area contributed by atoms with E-state index in [0.29, 0.717) is 23.6 Å². The van der Waals surface area contributed by atoms with Crippen molar-refractivity contribution in [3.8, 4) is 5.75 Å². The van der Waals surface area contributed by atoms with E-state index < -0.39 is 12.4 Å². The van der Waals surface area contributed by atoms with Gasteiger partial charge in [-0.3, -0.25) is 9.59 Å². The SMILES string of the molecule is CCOc1ccc(C(=O)Nc2ccccc2C(=O)CO)cc1. The zero-order valence-electron chi connectivity index (χ0n) is 12.2. The third-order valence-electron chi connectivity index (χ3n) is 3.05. The number of ether oxygens (including phenoxy) is 1. The zero-order valence-corrected chi connectivity index (χ0v) is 12.2. The van der Waals surface area contributed by atoms with E-state index in [9.17, 15) is 9.59 Å². The van der Waals surface area contributed by atoms with Crippen LogP contribution in [0.1, 0.15) is 27.6 Å². The Bertz CT molecular complexity index is 665. The van der Waals surface area contributed by atoms with E-state index in [-0.39, 0.29) is 11.5 Å². The molecule has 2 aromatic rings. The van der Waals surface area contributed by atoms with Gasteiger partial charge in [0.1, 0.15) is 12.4 Å². The van der Waals surface area contributed by atoms with Gasteiger partial charge in [-0.1, -0.05) is 12.1 Å². The maximum Gasteiger partial charge on any atom is 0.255 e. The molecular weight excluding hydrogens is 282 g/mol. The van der Waals surface area contributed by atoms with Crippen LogP contribution in [0.3, 0.4) is 0 Å². The quantitative estimate of drug-likeness (QED) is 0.804. The van der Waals surface area contributed by atoms with E-state index in [0.717, 1.165) is 0 Å². The van der Waals surface area contributed by atoms with Crippen LogP contribution in [0.15, 0.2) is 48.5 Å². The Morgan fingerprint density at radius 3 is 2.41 bits per heavy atom. The predicted octanol–water partition coefficient (Wildman–Crippen LogP) is 2.51. The number of amides is 1. The highest BCUT2D eigenvalue weighted by atomic mass is 16.5. The van der Waals surface area contributed by atoms with Gasteiger partial charge in [-0.2, -0.15) is 0 Å². The van der Waals surface area contributed by atoms with Crippen molar-refractivity contribution in [2.45, 2.75) is 6.92 Å². The third kappa shape index (κ3) is 3.71. The zero-order chi connectivity index (χ0) is 15.9. The number of nitrogens with one attached hydrogen (secondary N) is 1. The Balaban J connectivity index is 2.17. The first-order valence-electron chi connectivity index (χ1n) is 6.93. The predicted molar refractivity (Wildman–Crippen MR) is 83.4 cm³/mol. The lowest BCUT2D eigenvalue weighted by Crippen LogP contribution is -2.15. The van der Waals surface area contributed by atoms with E-state index in [1.54, 1.807) is 48.5 Å². The second-order valence-corrected chi connectivity index (χ2v) is 4.54. The molecule has 0 aliphatic heterocycles. The molecule has 2 N–H and O–H groups in total. The minimum absolute atomic E-state index is 0.282. The number of carbonyl (C=O) groups excluding carboxylic acids is 2. The number of para-hydroxylation sites is 1. The summed E-state index contributed by atoms with van der Waals surface area (Å²) < 4.78 is 5.32. The van der Waals surface area contributed by atoms with Crippen LogP contribution in [0.4, 0.5) is 5.69 Å². The first kappa shape index (κ1) is 15.7. The van der Waals surface area contributed by atoms with Crippen LogP contribution in [0.5, 0.6) is 5.75 Å². The lowest BCUT2D eigenvalue weighted by atomic mass is 10.1. The maximum atomic E-state index is 12.2. The Morgan fingerprint density at radius 2 is 1.77 bits per heavy atom. The normalized spacial score (nSPS) is 10.1. The van der Waals surface area contributed by atoms with Crippen molar-refractivity contribution >= 4 is 17.4 Å². The first-order valence-corrected chi connectivity index (χ1v) is 6.93. The van der Waals surface area contributed by atoms with Crippen molar-refractivity contribution in [3.05, 3.63) is 59.7 Å². The summed E-state index contributed by atoms with van der Waals surface area (Å²) >= 11 is 0. The highest BCUT2D eigenvalue weighted by Crippen LogP contribution is 2.18. The highest BCUT2D eigenvalue weighted by Gasteiger charge is 2.13. The standard InChI is InChI=1S/C17H17NO4/c1-2-22-13-9-7-12(8-10-13)17(21)18-15-6-4-3-5-14(15)16(20)11-19/h3-10,19H,2,11H2,1H3,(H,18,21). The molecule has 0 saturated heterocycles. The van der Waals surface area contributed by atoms with E-state index >= 15 is 0 Å². The summed E-state index contributed by atoms with van der Waals surface area (Å²) in [4.78, 5) is 23.9. The number of carbonyl (C=O) groups is 2. The van der Waals surface area contributed by atoms with Crippen LogP contribution in [0.25, 0.3) is 0 Å². The molecule has 0 aliphatic rings. The minimum Gasteiger partial charge on any atom is -0.494 e. The van der Waals surface area contributed by atoms with Crippen LogP contribution >= 0.6 is 0 Å². The summed E-state index contributed by atoms with van der Waals surface area (Å²) in [6.45, 7) is 1.84. The lowest BCUT2D eigenvalue weighted by Gasteiger charge is -2.10. The van der Waals surface area contributed by atoms with Crippen molar-refractivity contribution in [2.24, 2.45) is 0 Å². The molecule has 0 aliphatic carbocycles. The summed E-state index contributed by atoms with van der Waals surface area (Å²) in [6.07, 6.45) is 0. The summed E-state index contributed by atoms with van der Waals surface area (Å²) in [7, 11) is 0. The first-order chi connectivity index (χ1) is 10.7. The molecule has 0 heterocycles. The van der Waals surface area contributed by atoms with Gasteiger partial charge in [0, 0.05) is 11.1 Å². The van der Waals surface area contributed by atoms with Gasteiger partial charge in [-0.25, -0.2) is 0 Å². The fourth-order valence-corrected chi connectivity index (χ4v) is 1.98. The van der Waals surface area contributed by atoms with Crippen LogP contribution in [0.2, 0.25) is 0 Å². The summed E-state index contributed by atoms with van der Waals surface area (Å²) in [6, 6.07) is 13.3. The number of Topliss-reactive ketones (excluding diaryl/α,β-unsaturated/α-hetero) is 1. The Morgan fingerprint density at radius 1 is 1.09 bits per heavy atom. The molecule has 0 fully saturated rings. The molecule has 1 amide bonds. The number of anilines is 1. The molecule has 2 aromatic carbocycles. The molecule has 5 heteroatoms. The van der Waals surface area contributed by atoms with Crippen LogP contribution in [-0.4, -0.2) is 30.0 Å². The molecule has 0 bridgehead atoms. The molecule has 5 nitrogen and oxygen atoms in total. The molecule has 0 unspecified atom stereocenters. The van der Waals surface area contributed by atoms with Gasteiger partial charge < -0.3 is 15.2 Å². The van der Waals surface area contributed by atoms with Gasteiger partial charge in [-0.15, -0.1) is 0 Å². The fraction of sp³-hybridized carbons (Fsp3) is 0.176. The number of hydrogen-bond donors (Lipinski definition) is 2. The van der Waals surface area contributed by atoms with Crippen LogP contribution in [-0.2, 0) is 0 Å². The third-order valence-corrected chi connectivity index (χ3v) is 3.05. The lowest BCUT2D eigenvalue weighted by molar-refractivity contribution is 0.0904. The largest absolute Gasteiger partial charge is 0.494 e. The van der Waals surface area contributed by atoms with Crippen molar-refractivity contribution in [3.63, 3.8) is 0 Å². The molecule has 22 heavy (non-hydrogen) atoms. The molecule has 2 rings (SSSR count). The van der Waals surface area contributed by atoms with Crippen LogP contribution in [0, 0.1) is 0 Å². The molecule has 0 saturated carbocycles. The number of aliphatic hydroxyl groups excluding tert-OH is 1. The number of benzene rings is 2. The number of rotatable bonds is 6. The van der Waals surface area contributed by atoms with Crippen molar-refractivity contribution in [2.75, 3.05) is 18.5 Å².